The number of fused-ring (bicyclic) bond motifs is 1. The van der Waals surface area contributed by atoms with Crippen molar-refractivity contribution in [3.8, 4) is 0 Å². The minimum absolute atomic E-state index is 0.0156. The number of anilines is 1. The van der Waals surface area contributed by atoms with E-state index in [-0.39, 0.29) is 23.2 Å². The first-order valence-electron chi connectivity index (χ1n) is 8.63. The molecule has 0 atom stereocenters. The highest BCUT2D eigenvalue weighted by Gasteiger charge is 2.32. The quantitative estimate of drug-likeness (QED) is 0.601. The Balaban J connectivity index is 1.82. The number of aromatic amines is 1. The van der Waals surface area contributed by atoms with Gasteiger partial charge in [0.1, 0.15) is 0 Å². The van der Waals surface area contributed by atoms with Crippen molar-refractivity contribution in [3.63, 3.8) is 0 Å². The fourth-order valence-electron chi connectivity index (χ4n) is 2.78. The Labute approximate surface area is 167 Å². The Morgan fingerprint density at radius 1 is 1.10 bits per heavy atom. The van der Waals surface area contributed by atoms with Crippen LogP contribution < -0.4 is 16.1 Å². The number of hydrogen-bond acceptors (Lipinski definition) is 4. The molecule has 3 rings (SSSR count). The molecule has 2 amide bonds. The van der Waals surface area contributed by atoms with E-state index in [9.17, 15) is 27.6 Å². The number of H-pyrrole nitrogens is 1. The lowest BCUT2D eigenvalue weighted by atomic mass is 10.1. The summed E-state index contributed by atoms with van der Waals surface area (Å²) >= 11 is 0. The monoisotopic (exact) mass is 419 g/mol. The number of pyridine rings is 1. The summed E-state index contributed by atoms with van der Waals surface area (Å²) in [7, 11) is 1.06. The van der Waals surface area contributed by atoms with E-state index in [0.717, 1.165) is 13.2 Å². The molecule has 0 aliphatic carbocycles. The predicted octanol–water partition coefficient (Wildman–Crippen LogP) is 3.66. The van der Waals surface area contributed by atoms with Gasteiger partial charge in [0.05, 0.1) is 12.7 Å². The van der Waals surface area contributed by atoms with Gasteiger partial charge in [-0.15, -0.1) is 0 Å². The van der Waals surface area contributed by atoms with Crippen LogP contribution in [0.3, 0.4) is 0 Å². The number of alkyl halides is 3. The van der Waals surface area contributed by atoms with Crippen molar-refractivity contribution in [2.75, 3.05) is 12.4 Å². The molecule has 0 spiro atoms. The predicted molar refractivity (Wildman–Crippen MR) is 103 cm³/mol. The molecule has 1 aromatic heterocycles. The highest BCUT2D eigenvalue weighted by atomic mass is 19.4. The standard InChI is InChI=1S/C20H16F3N3O4/c1-30-19(29)26-14-8-12(7-13(9-14)20(21,22)23)18(28)25-10-11-2-3-15-16(6-11)24-5-4-17(15)27/h2-9H,10H2,1H3,(H,24,27)(H,25,28)(H,26,29). The van der Waals surface area contributed by atoms with Crippen LogP contribution in [0.5, 0.6) is 0 Å². The van der Waals surface area contributed by atoms with Crippen molar-refractivity contribution < 1.29 is 27.5 Å². The van der Waals surface area contributed by atoms with Crippen LogP contribution in [0.1, 0.15) is 21.5 Å². The minimum Gasteiger partial charge on any atom is -0.453 e. The maximum absolute atomic E-state index is 13.2. The molecule has 10 heteroatoms. The summed E-state index contributed by atoms with van der Waals surface area (Å²) in [6, 6.07) is 8.78. The van der Waals surface area contributed by atoms with Crippen molar-refractivity contribution in [1.82, 2.24) is 10.3 Å². The van der Waals surface area contributed by atoms with Gasteiger partial charge in [-0.3, -0.25) is 14.9 Å². The largest absolute Gasteiger partial charge is 0.453 e. The molecule has 3 aromatic rings. The summed E-state index contributed by atoms with van der Waals surface area (Å²) < 4.78 is 43.8. The van der Waals surface area contributed by atoms with Gasteiger partial charge in [0.15, 0.2) is 5.43 Å². The van der Waals surface area contributed by atoms with E-state index in [1.165, 1.54) is 12.3 Å². The lowest BCUT2D eigenvalue weighted by molar-refractivity contribution is -0.137. The van der Waals surface area contributed by atoms with E-state index in [4.69, 9.17) is 0 Å². The first-order chi connectivity index (χ1) is 14.2. The molecule has 1 heterocycles. The van der Waals surface area contributed by atoms with Crippen LogP contribution in [-0.4, -0.2) is 24.1 Å². The first kappa shape index (κ1) is 20.9. The number of amides is 2. The van der Waals surface area contributed by atoms with Crippen molar-refractivity contribution in [2.45, 2.75) is 12.7 Å². The molecule has 0 radical (unpaired) electrons. The van der Waals surface area contributed by atoms with Gasteiger partial charge in [0, 0.05) is 41.0 Å². The lowest BCUT2D eigenvalue weighted by Gasteiger charge is -2.13. The molecule has 3 N–H and O–H groups in total. The van der Waals surface area contributed by atoms with E-state index < -0.39 is 23.7 Å². The Morgan fingerprint density at radius 2 is 1.87 bits per heavy atom. The van der Waals surface area contributed by atoms with Gasteiger partial charge >= 0.3 is 12.3 Å². The molecular formula is C20H16F3N3O4. The fraction of sp³-hybridized carbons (Fsp3) is 0.150. The Morgan fingerprint density at radius 3 is 2.57 bits per heavy atom. The van der Waals surface area contributed by atoms with Crippen molar-refractivity contribution >= 4 is 28.6 Å². The Kier molecular flexibility index (Phi) is 5.77. The summed E-state index contributed by atoms with van der Waals surface area (Å²) in [5.41, 5.74) is -0.565. The average Bonchev–Trinajstić information content (AvgIpc) is 2.71. The van der Waals surface area contributed by atoms with Gasteiger partial charge in [0.25, 0.3) is 5.91 Å². The van der Waals surface area contributed by atoms with E-state index in [2.05, 4.69) is 20.4 Å². The van der Waals surface area contributed by atoms with Crippen molar-refractivity contribution in [1.29, 1.82) is 0 Å². The van der Waals surface area contributed by atoms with Gasteiger partial charge < -0.3 is 15.0 Å². The van der Waals surface area contributed by atoms with Gasteiger partial charge in [-0.25, -0.2) is 4.79 Å². The molecule has 0 aliphatic heterocycles. The zero-order chi connectivity index (χ0) is 21.9. The van der Waals surface area contributed by atoms with Crippen LogP contribution in [0, 0.1) is 0 Å². The Bertz CT molecular complexity index is 1170. The summed E-state index contributed by atoms with van der Waals surface area (Å²) in [6.07, 6.45) is -4.19. The molecule has 30 heavy (non-hydrogen) atoms. The molecule has 0 fully saturated rings. The normalized spacial score (nSPS) is 11.2. The number of nitrogens with one attached hydrogen (secondary N) is 3. The number of aromatic nitrogens is 1. The van der Waals surface area contributed by atoms with Crippen LogP contribution in [0.15, 0.2) is 53.5 Å². The van der Waals surface area contributed by atoms with E-state index >= 15 is 0 Å². The SMILES string of the molecule is COC(=O)Nc1cc(C(=O)NCc2ccc3c(=O)cc[nH]c3c2)cc(C(F)(F)F)c1. The average molecular weight is 419 g/mol. The number of carbonyl (C=O) groups is 2. The molecule has 156 valence electrons. The number of ether oxygens (including phenoxy) is 1. The molecule has 2 aromatic carbocycles. The zero-order valence-corrected chi connectivity index (χ0v) is 15.6. The maximum Gasteiger partial charge on any atom is 0.416 e. The number of benzene rings is 2. The van der Waals surface area contributed by atoms with Crippen LogP contribution >= 0.6 is 0 Å². The molecule has 0 aliphatic rings. The van der Waals surface area contributed by atoms with Crippen LogP contribution in [-0.2, 0) is 17.5 Å². The molecule has 0 unspecified atom stereocenters. The van der Waals surface area contributed by atoms with Gasteiger partial charge in [-0.05, 0) is 35.9 Å². The Hall–Kier alpha value is -3.82. The summed E-state index contributed by atoms with van der Waals surface area (Å²) in [5, 5.41) is 5.13. The van der Waals surface area contributed by atoms with Crippen LogP contribution in [0.25, 0.3) is 10.9 Å². The van der Waals surface area contributed by atoms with Crippen molar-refractivity contribution in [2.24, 2.45) is 0 Å². The lowest BCUT2D eigenvalue weighted by Crippen LogP contribution is -2.24. The second kappa shape index (κ2) is 8.27. The zero-order valence-electron chi connectivity index (χ0n) is 15.6. The first-order valence-corrected chi connectivity index (χ1v) is 8.63. The molecule has 7 nitrogen and oxygen atoms in total. The fourth-order valence-corrected chi connectivity index (χ4v) is 2.78. The van der Waals surface area contributed by atoms with Gasteiger partial charge in [0.2, 0.25) is 0 Å². The molecule has 0 saturated carbocycles. The molecule has 0 bridgehead atoms. The highest BCUT2D eigenvalue weighted by molar-refractivity contribution is 5.96. The van der Waals surface area contributed by atoms with Gasteiger partial charge in [-0.1, -0.05) is 6.07 Å². The van der Waals surface area contributed by atoms with E-state index in [0.29, 0.717) is 28.6 Å². The highest BCUT2D eigenvalue weighted by Crippen LogP contribution is 2.32. The number of halogens is 3. The van der Waals surface area contributed by atoms with E-state index in [1.807, 2.05) is 0 Å². The topological polar surface area (TPSA) is 100 Å². The summed E-state index contributed by atoms with van der Waals surface area (Å²) in [6.45, 7) is 0.0156. The third-order valence-corrected chi connectivity index (χ3v) is 4.23. The maximum atomic E-state index is 13.2. The number of carbonyl (C=O) groups excluding carboxylic acids is 2. The molecule has 0 saturated heterocycles. The second-order valence-corrected chi connectivity index (χ2v) is 6.32. The van der Waals surface area contributed by atoms with Crippen LogP contribution in [0.4, 0.5) is 23.7 Å². The number of hydrogen-bond donors (Lipinski definition) is 3. The van der Waals surface area contributed by atoms with Crippen LogP contribution in [0.2, 0.25) is 0 Å². The third kappa shape index (κ3) is 4.77. The molecular weight excluding hydrogens is 403 g/mol. The van der Waals surface area contributed by atoms with Crippen molar-refractivity contribution in [3.05, 3.63) is 75.6 Å². The third-order valence-electron chi connectivity index (χ3n) is 4.23. The van der Waals surface area contributed by atoms with E-state index in [1.54, 1.807) is 18.2 Å². The summed E-state index contributed by atoms with van der Waals surface area (Å²) in [5.74, 6) is -0.768. The van der Waals surface area contributed by atoms with Gasteiger partial charge in [-0.2, -0.15) is 13.2 Å². The summed E-state index contributed by atoms with van der Waals surface area (Å²) in [4.78, 5) is 38.4. The number of methoxy groups -OCH3 is 1. The second-order valence-electron chi connectivity index (χ2n) is 6.32. The smallest absolute Gasteiger partial charge is 0.416 e. The minimum atomic E-state index is -4.72. The number of rotatable bonds is 4.